The quantitative estimate of drug-likeness (QED) is 0.743. The second kappa shape index (κ2) is 6.90. The first kappa shape index (κ1) is 17.5. The number of ether oxygens (including phenoxy) is 1. The Balaban J connectivity index is 1.95. The Morgan fingerprint density at radius 2 is 1.88 bits per heavy atom. The first-order chi connectivity index (χ1) is 12.4. The second-order valence-corrected chi connectivity index (χ2v) is 7.15. The second-order valence-electron chi connectivity index (χ2n) is 5.50. The summed E-state index contributed by atoms with van der Waals surface area (Å²) in [5.74, 6) is -0.689. The molecule has 0 atom stereocenters. The van der Waals surface area contributed by atoms with Crippen molar-refractivity contribution in [2.24, 2.45) is 7.05 Å². The summed E-state index contributed by atoms with van der Waals surface area (Å²) < 4.78 is 34.4. The maximum Gasteiger partial charge on any atom is 0.268 e. The average molecular weight is 369 g/mol. The van der Waals surface area contributed by atoms with Gasteiger partial charge in [0, 0.05) is 24.1 Å². The highest BCUT2D eigenvalue weighted by molar-refractivity contribution is 7.90. The van der Waals surface area contributed by atoms with Crippen molar-refractivity contribution in [3.8, 4) is 11.8 Å². The zero-order valence-electron chi connectivity index (χ0n) is 13.8. The maximum absolute atomic E-state index is 12.7. The lowest BCUT2D eigenvalue weighted by molar-refractivity contribution is 0.0978. The number of nitrogens with zero attached hydrogens (tertiary/aromatic N) is 2. The molecule has 1 N–H and O–H groups in total. The van der Waals surface area contributed by atoms with Crippen LogP contribution in [0, 0.1) is 11.3 Å². The number of hydrogen-bond acceptors (Lipinski definition) is 5. The molecular weight excluding hydrogens is 354 g/mol. The minimum absolute atomic E-state index is 0.0133. The molecule has 3 aromatic rings. The molecule has 0 fully saturated rings. The van der Waals surface area contributed by atoms with Crippen LogP contribution in [-0.2, 0) is 17.1 Å². The molecule has 0 saturated heterocycles. The van der Waals surface area contributed by atoms with Crippen LogP contribution in [0.25, 0.3) is 10.9 Å². The van der Waals surface area contributed by atoms with Crippen molar-refractivity contribution < 1.29 is 17.9 Å². The van der Waals surface area contributed by atoms with E-state index in [0.29, 0.717) is 5.39 Å². The highest BCUT2D eigenvalue weighted by Gasteiger charge is 2.24. The number of nitrogens with one attached hydrogen (secondary N) is 1. The molecule has 26 heavy (non-hydrogen) atoms. The van der Waals surface area contributed by atoms with Crippen LogP contribution in [0.3, 0.4) is 0 Å². The van der Waals surface area contributed by atoms with Gasteiger partial charge in [0.25, 0.3) is 15.9 Å². The largest absolute Gasteiger partial charge is 0.478 e. The highest BCUT2D eigenvalue weighted by Crippen LogP contribution is 2.25. The summed E-state index contributed by atoms with van der Waals surface area (Å²) in [4.78, 5) is 12.5. The van der Waals surface area contributed by atoms with Crippen LogP contribution in [0.1, 0.15) is 10.4 Å². The van der Waals surface area contributed by atoms with Crippen LogP contribution in [-0.4, -0.2) is 25.5 Å². The number of aromatic nitrogens is 1. The Hall–Kier alpha value is -3.31. The smallest absolute Gasteiger partial charge is 0.268 e. The molecule has 0 aliphatic carbocycles. The molecule has 0 aliphatic rings. The molecule has 1 aromatic heterocycles. The summed E-state index contributed by atoms with van der Waals surface area (Å²) >= 11 is 0. The van der Waals surface area contributed by atoms with Crippen LogP contribution < -0.4 is 9.46 Å². The Morgan fingerprint density at radius 1 is 1.19 bits per heavy atom. The van der Waals surface area contributed by atoms with Gasteiger partial charge in [0.2, 0.25) is 0 Å². The lowest BCUT2D eigenvalue weighted by atomic mass is 10.2. The molecule has 0 bridgehead atoms. The first-order valence-corrected chi connectivity index (χ1v) is 9.12. The van der Waals surface area contributed by atoms with Crippen molar-refractivity contribution in [3.63, 3.8) is 0 Å². The van der Waals surface area contributed by atoms with E-state index in [2.05, 4.69) is 4.72 Å². The van der Waals surface area contributed by atoms with Gasteiger partial charge >= 0.3 is 0 Å². The molecule has 0 spiro atoms. The van der Waals surface area contributed by atoms with Crippen LogP contribution in [0.4, 0.5) is 0 Å². The summed E-state index contributed by atoms with van der Waals surface area (Å²) in [6.45, 7) is -0.250. The number of rotatable bonds is 5. The zero-order chi connectivity index (χ0) is 18.7. The topological polar surface area (TPSA) is 101 Å². The molecule has 7 nitrogen and oxygen atoms in total. The van der Waals surface area contributed by atoms with E-state index in [1.54, 1.807) is 54.1 Å². The number of aryl methyl sites for hydroxylation is 1. The number of hydrogen-bond donors (Lipinski definition) is 1. The van der Waals surface area contributed by atoms with Gasteiger partial charge in [-0.15, -0.1) is 0 Å². The number of para-hydroxylation sites is 2. The van der Waals surface area contributed by atoms with E-state index in [0.717, 1.165) is 5.52 Å². The number of benzene rings is 2. The predicted molar refractivity (Wildman–Crippen MR) is 95.1 cm³/mol. The first-order valence-electron chi connectivity index (χ1n) is 7.64. The fourth-order valence-electron chi connectivity index (χ4n) is 2.64. The summed E-state index contributed by atoms with van der Waals surface area (Å²) in [7, 11) is -2.36. The van der Waals surface area contributed by atoms with Gasteiger partial charge in [0.05, 0.1) is 5.56 Å². The summed E-state index contributed by atoms with van der Waals surface area (Å²) in [5.41, 5.74) is 0.768. The Labute approximate surface area is 150 Å². The number of carbonyl (C=O) groups excluding carboxylic acids is 1. The molecular formula is C18H15N3O4S. The maximum atomic E-state index is 12.7. The number of sulfonamides is 1. The summed E-state index contributed by atoms with van der Waals surface area (Å²) in [6.07, 6.45) is 1.46. The van der Waals surface area contributed by atoms with Crippen molar-refractivity contribution >= 4 is 26.8 Å². The highest BCUT2D eigenvalue weighted by atomic mass is 32.2. The average Bonchev–Trinajstić information content (AvgIpc) is 2.98. The molecule has 0 saturated carbocycles. The monoisotopic (exact) mass is 369 g/mol. The lowest BCUT2D eigenvalue weighted by Crippen LogP contribution is -2.30. The number of fused-ring (bicyclic) bond motifs is 1. The minimum atomic E-state index is -4.09. The molecule has 3 rings (SSSR count). The third kappa shape index (κ3) is 3.25. The summed E-state index contributed by atoms with van der Waals surface area (Å²) in [6, 6.07) is 14.9. The fourth-order valence-corrected chi connectivity index (χ4v) is 3.86. The molecule has 0 unspecified atom stereocenters. The summed E-state index contributed by atoms with van der Waals surface area (Å²) in [5, 5.41) is 9.14. The molecule has 1 amide bonds. The van der Waals surface area contributed by atoms with Crippen molar-refractivity contribution in [1.82, 2.24) is 9.29 Å². The van der Waals surface area contributed by atoms with E-state index >= 15 is 0 Å². The third-order valence-electron chi connectivity index (χ3n) is 3.80. The SMILES string of the molecule is Cn1cc(S(=O)(=O)NC(=O)c2ccccc2OCC#N)c2ccccc21. The van der Waals surface area contributed by atoms with E-state index in [-0.39, 0.29) is 22.8 Å². The Bertz CT molecular complexity index is 1130. The number of carbonyl (C=O) groups is 1. The Morgan fingerprint density at radius 3 is 2.65 bits per heavy atom. The van der Waals surface area contributed by atoms with Crippen molar-refractivity contribution in [2.75, 3.05) is 6.61 Å². The zero-order valence-corrected chi connectivity index (χ0v) is 14.7. The Kier molecular flexibility index (Phi) is 4.65. The van der Waals surface area contributed by atoms with E-state index in [1.807, 2.05) is 0 Å². The fraction of sp³-hybridized carbons (Fsp3) is 0.111. The van der Waals surface area contributed by atoms with E-state index in [1.165, 1.54) is 18.3 Å². The lowest BCUT2D eigenvalue weighted by Gasteiger charge is -2.10. The third-order valence-corrected chi connectivity index (χ3v) is 5.16. The van der Waals surface area contributed by atoms with Gasteiger partial charge in [0.1, 0.15) is 16.7 Å². The van der Waals surface area contributed by atoms with Gasteiger partial charge in [-0.3, -0.25) is 4.79 Å². The van der Waals surface area contributed by atoms with Crippen molar-refractivity contribution in [3.05, 3.63) is 60.3 Å². The van der Waals surface area contributed by atoms with Gasteiger partial charge in [-0.2, -0.15) is 5.26 Å². The van der Waals surface area contributed by atoms with Gasteiger partial charge in [-0.25, -0.2) is 13.1 Å². The molecule has 2 aromatic carbocycles. The molecule has 1 heterocycles. The van der Waals surface area contributed by atoms with Gasteiger partial charge in [-0.1, -0.05) is 30.3 Å². The number of nitriles is 1. The van der Waals surface area contributed by atoms with Crippen LogP contribution in [0.2, 0.25) is 0 Å². The predicted octanol–water partition coefficient (Wildman–Crippen LogP) is 2.20. The normalized spacial score (nSPS) is 11.1. The van der Waals surface area contributed by atoms with Crippen molar-refractivity contribution in [2.45, 2.75) is 4.90 Å². The van der Waals surface area contributed by atoms with Gasteiger partial charge in [0.15, 0.2) is 6.61 Å². The van der Waals surface area contributed by atoms with Gasteiger partial charge in [-0.05, 0) is 18.2 Å². The molecule has 8 heteroatoms. The number of amides is 1. The van der Waals surface area contributed by atoms with E-state index in [9.17, 15) is 13.2 Å². The van der Waals surface area contributed by atoms with Crippen LogP contribution in [0.15, 0.2) is 59.6 Å². The molecule has 0 aliphatic heterocycles. The van der Waals surface area contributed by atoms with Gasteiger partial charge < -0.3 is 9.30 Å². The van der Waals surface area contributed by atoms with E-state index in [4.69, 9.17) is 10.00 Å². The standard InChI is InChI=1S/C18H15N3O4S/c1-21-12-17(13-6-2-4-8-15(13)21)26(23,24)20-18(22)14-7-3-5-9-16(14)25-11-10-19/h2-9,12H,11H2,1H3,(H,20,22). The van der Waals surface area contributed by atoms with Crippen molar-refractivity contribution in [1.29, 1.82) is 5.26 Å². The van der Waals surface area contributed by atoms with Crippen LogP contribution >= 0.6 is 0 Å². The van der Waals surface area contributed by atoms with Crippen LogP contribution in [0.5, 0.6) is 5.75 Å². The molecule has 0 radical (unpaired) electrons. The van der Waals surface area contributed by atoms with E-state index < -0.39 is 15.9 Å². The minimum Gasteiger partial charge on any atom is -0.478 e. The molecule has 132 valence electrons.